The summed E-state index contributed by atoms with van der Waals surface area (Å²) in [7, 11) is 0. The fraction of sp³-hybridized carbons (Fsp3) is 0.333. The van der Waals surface area contributed by atoms with Gasteiger partial charge in [-0.05, 0) is 44.0 Å². The highest BCUT2D eigenvalue weighted by Gasteiger charge is 2.19. The third kappa shape index (κ3) is 4.67. The van der Waals surface area contributed by atoms with Gasteiger partial charge in [-0.3, -0.25) is 0 Å². The van der Waals surface area contributed by atoms with Crippen molar-refractivity contribution in [2.75, 3.05) is 41.3 Å². The molecular weight excluding hydrogens is 358 g/mol. The maximum Gasteiger partial charge on any atom is 0.225 e. The molecule has 150 valence electrons. The molecule has 1 aliphatic rings. The van der Waals surface area contributed by atoms with Gasteiger partial charge in [0.2, 0.25) is 5.95 Å². The largest absolute Gasteiger partial charge is 0.368 e. The lowest BCUT2D eigenvalue weighted by Gasteiger charge is -2.37. The van der Waals surface area contributed by atoms with E-state index in [1.54, 1.807) is 0 Å². The normalized spacial score (nSPS) is 15.3. The Morgan fingerprint density at radius 2 is 1.55 bits per heavy atom. The summed E-state index contributed by atoms with van der Waals surface area (Å²) in [6, 6.07) is 21.4. The van der Waals surface area contributed by atoms with Crippen molar-refractivity contribution in [3.63, 3.8) is 0 Å². The average molecular weight is 388 g/mol. The molecule has 1 saturated heterocycles. The smallest absolute Gasteiger partial charge is 0.225 e. The van der Waals surface area contributed by atoms with Gasteiger partial charge in [-0.25, -0.2) is 4.98 Å². The molecule has 0 aliphatic carbocycles. The van der Waals surface area contributed by atoms with E-state index < -0.39 is 0 Å². The lowest BCUT2D eigenvalue weighted by Crippen LogP contribution is -2.47. The lowest BCUT2D eigenvalue weighted by atomic mass is 10.1. The van der Waals surface area contributed by atoms with Crippen LogP contribution >= 0.6 is 0 Å². The van der Waals surface area contributed by atoms with Gasteiger partial charge in [-0.15, -0.1) is 0 Å². The van der Waals surface area contributed by atoms with Gasteiger partial charge in [0.05, 0.1) is 6.04 Å². The summed E-state index contributed by atoms with van der Waals surface area (Å²) >= 11 is 0. The standard InChI is InChI=1S/C24H29N5/c1-18-8-7-11-22(16-18)28-12-14-29(15-13-28)23-17-19(2)25-24(27-23)26-20(3)21-9-5-4-6-10-21/h4-11,16-17,20H,12-15H2,1-3H3,(H,25,26,27). The van der Waals surface area contributed by atoms with E-state index in [0.29, 0.717) is 5.95 Å². The Bertz CT molecular complexity index is 948. The van der Waals surface area contributed by atoms with Crippen molar-refractivity contribution in [1.29, 1.82) is 0 Å². The highest BCUT2D eigenvalue weighted by Crippen LogP contribution is 2.23. The summed E-state index contributed by atoms with van der Waals surface area (Å²) in [5.74, 6) is 1.70. The molecule has 0 radical (unpaired) electrons. The zero-order chi connectivity index (χ0) is 20.2. The Labute approximate surface area is 173 Å². The zero-order valence-electron chi connectivity index (χ0n) is 17.5. The Morgan fingerprint density at radius 3 is 2.28 bits per heavy atom. The second kappa shape index (κ2) is 8.52. The number of hydrogen-bond acceptors (Lipinski definition) is 5. The number of benzene rings is 2. The van der Waals surface area contributed by atoms with Crippen LogP contribution in [0.4, 0.5) is 17.5 Å². The Kier molecular flexibility index (Phi) is 5.65. The van der Waals surface area contributed by atoms with Gasteiger partial charge in [0, 0.05) is 43.6 Å². The van der Waals surface area contributed by atoms with Crippen LogP contribution in [0.25, 0.3) is 0 Å². The van der Waals surface area contributed by atoms with Crippen molar-refractivity contribution in [3.8, 4) is 0 Å². The van der Waals surface area contributed by atoms with Crippen molar-refractivity contribution in [2.24, 2.45) is 0 Å². The van der Waals surface area contributed by atoms with Crippen LogP contribution in [-0.4, -0.2) is 36.1 Å². The minimum Gasteiger partial charge on any atom is -0.368 e. The van der Waals surface area contributed by atoms with E-state index in [1.165, 1.54) is 16.8 Å². The van der Waals surface area contributed by atoms with Gasteiger partial charge in [-0.1, -0.05) is 42.5 Å². The predicted molar refractivity (Wildman–Crippen MR) is 121 cm³/mol. The molecule has 0 spiro atoms. The van der Waals surface area contributed by atoms with Crippen LogP contribution in [0.3, 0.4) is 0 Å². The van der Waals surface area contributed by atoms with E-state index in [-0.39, 0.29) is 6.04 Å². The molecule has 1 aliphatic heterocycles. The minimum atomic E-state index is 0.156. The van der Waals surface area contributed by atoms with Gasteiger partial charge < -0.3 is 15.1 Å². The van der Waals surface area contributed by atoms with Gasteiger partial charge in [0.1, 0.15) is 5.82 Å². The third-order valence-electron chi connectivity index (χ3n) is 5.46. The van der Waals surface area contributed by atoms with Gasteiger partial charge in [-0.2, -0.15) is 4.98 Å². The third-order valence-corrected chi connectivity index (χ3v) is 5.46. The van der Waals surface area contributed by atoms with E-state index in [9.17, 15) is 0 Å². The Morgan fingerprint density at radius 1 is 0.828 bits per heavy atom. The molecule has 3 aromatic rings. The molecule has 2 aromatic carbocycles. The maximum atomic E-state index is 4.82. The van der Waals surface area contributed by atoms with Gasteiger partial charge >= 0.3 is 0 Å². The number of piperazine rings is 1. The SMILES string of the molecule is Cc1cccc(N2CCN(c3cc(C)nc(NC(C)c4ccccc4)n3)CC2)c1. The molecule has 29 heavy (non-hydrogen) atoms. The molecule has 0 saturated carbocycles. The van der Waals surface area contributed by atoms with Crippen LogP contribution in [0.15, 0.2) is 60.7 Å². The minimum absolute atomic E-state index is 0.156. The van der Waals surface area contributed by atoms with Crippen molar-refractivity contribution in [1.82, 2.24) is 9.97 Å². The van der Waals surface area contributed by atoms with E-state index in [2.05, 4.69) is 88.5 Å². The average Bonchev–Trinajstić information content (AvgIpc) is 2.74. The maximum absolute atomic E-state index is 4.82. The summed E-state index contributed by atoms with van der Waals surface area (Å²) in [5, 5.41) is 3.46. The Balaban J connectivity index is 1.44. The summed E-state index contributed by atoms with van der Waals surface area (Å²) in [6.07, 6.45) is 0. The van der Waals surface area contributed by atoms with Crippen LogP contribution in [0, 0.1) is 13.8 Å². The summed E-state index contributed by atoms with van der Waals surface area (Å²) in [4.78, 5) is 14.2. The number of aromatic nitrogens is 2. The van der Waals surface area contributed by atoms with Crippen LogP contribution in [-0.2, 0) is 0 Å². The molecule has 1 N–H and O–H groups in total. The first-order chi connectivity index (χ1) is 14.1. The van der Waals surface area contributed by atoms with Crippen molar-refractivity contribution in [3.05, 3.63) is 77.5 Å². The number of nitrogens with one attached hydrogen (secondary N) is 1. The van der Waals surface area contributed by atoms with Crippen LogP contribution < -0.4 is 15.1 Å². The van der Waals surface area contributed by atoms with Crippen LogP contribution in [0.2, 0.25) is 0 Å². The lowest BCUT2D eigenvalue weighted by molar-refractivity contribution is 0.646. The molecule has 1 aromatic heterocycles. The second-order valence-electron chi connectivity index (χ2n) is 7.78. The van der Waals surface area contributed by atoms with E-state index >= 15 is 0 Å². The molecular formula is C24H29N5. The monoisotopic (exact) mass is 387 g/mol. The highest BCUT2D eigenvalue weighted by molar-refractivity contribution is 5.52. The fourth-order valence-corrected chi connectivity index (χ4v) is 3.82. The summed E-state index contributed by atoms with van der Waals surface area (Å²) in [6.45, 7) is 10.2. The number of rotatable bonds is 5. The first kappa shape index (κ1) is 19.2. The predicted octanol–water partition coefficient (Wildman–Crippen LogP) is 4.59. The number of hydrogen-bond donors (Lipinski definition) is 1. The quantitative estimate of drug-likeness (QED) is 0.693. The molecule has 1 fully saturated rings. The molecule has 5 nitrogen and oxygen atoms in total. The summed E-state index contributed by atoms with van der Waals surface area (Å²) in [5.41, 5.74) is 4.83. The fourth-order valence-electron chi connectivity index (χ4n) is 3.82. The van der Waals surface area contributed by atoms with Crippen molar-refractivity contribution < 1.29 is 0 Å². The number of aryl methyl sites for hydroxylation is 2. The number of nitrogens with zero attached hydrogens (tertiary/aromatic N) is 4. The molecule has 1 unspecified atom stereocenters. The second-order valence-corrected chi connectivity index (χ2v) is 7.78. The van der Waals surface area contributed by atoms with Gasteiger partial charge in [0.15, 0.2) is 0 Å². The molecule has 1 atom stereocenters. The van der Waals surface area contributed by atoms with Crippen LogP contribution in [0.1, 0.15) is 29.8 Å². The topological polar surface area (TPSA) is 44.3 Å². The Hall–Kier alpha value is -3.08. The van der Waals surface area contributed by atoms with E-state index in [1.807, 2.05) is 13.0 Å². The molecule has 0 bridgehead atoms. The zero-order valence-corrected chi connectivity index (χ0v) is 17.5. The molecule has 2 heterocycles. The van der Waals surface area contributed by atoms with Gasteiger partial charge in [0.25, 0.3) is 0 Å². The van der Waals surface area contributed by atoms with E-state index in [4.69, 9.17) is 4.98 Å². The highest BCUT2D eigenvalue weighted by atomic mass is 15.3. The van der Waals surface area contributed by atoms with Crippen LogP contribution in [0.5, 0.6) is 0 Å². The molecule has 0 amide bonds. The van der Waals surface area contributed by atoms with Crippen molar-refractivity contribution in [2.45, 2.75) is 26.8 Å². The summed E-state index contributed by atoms with van der Waals surface area (Å²) < 4.78 is 0. The first-order valence-corrected chi connectivity index (χ1v) is 10.3. The molecule has 4 rings (SSSR count). The van der Waals surface area contributed by atoms with Crippen molar-refractivity contribution >= 4 is 17.5 Å². The molecule has 5 heteroatoms. The van der Waals surface area contributed by atoms with E-state index in [0.717, 1.165) is 37.7 Å². The number of anilines is 3. The first-order valence-electron chi connectivity index (χ1n) is 10.3.